The van der Waals surface area contributed by atoms with Crippen molar-refractivity contribution in [3.8, 4) is 0 Å². The predicted octanol–water partition coefficient (Wildman–Crippen LogP) is 1.67. The van der Waals surface area contributed by atoms with E-state index in [1.165, 1.54) is 32.1 Å². The molecule has 0 atom stereocenters. The van der Waals surface area contributed by atoms with Crippen molar-refractivity contribution in [2.45, 2.75) is 52.4 Å². The van der Waals surface area contributed by atoms with Gasteiger partial charge in [0.25, 0.3) is 0 Å². The minimum atomic E-state index is -4.67. The third-order valence-corrected chi connectivity index (χ3v) is 1.94. The molecule has 17 heavy (non-hydrogen) atoms. The zero-order valence-corrected chi connectivity index (χ0v) is 10.9. The van der Waals surface area contributed by atoms with Crippen molar-refractivity contribution in [3.05, 3.63) is 0 Å². The number of hydrogen-bond acceptors (Lipinski definition) is 3. The van der Waals surface area contributed by atoms with Gasteiger partial charge in [-0.25, -0.2) is 0 Å². The number of aliphatic hydroxyl groups is 1. The Morgan fingerprint density at radius 2 is 1.29 bits per heavy atom. The van der Waals surface area contributed by atoms with Gasteiger partial charge in [-0.3, -0.25) is 9.11 Å². The van der Waals surface area contributed by atoms with Crippen molar-refractivity contribution in [1.82, 2.24) is 0 Å². The molecule has 0 aromatic rings. The second-order valence-corrected chi connectivity index (χ2v) is 5.02. The summed E-state index contributed by atoms with van der Waals surface area (Å²) < 4.78 is 31.6. The second-order valence-electron chi connectivity index (χ2n) is 4.12. The molecule has 5 nitrogen and oxygen atoms in total. The monoisotopic (exact) mass is 296 g/mol. The third-order valence-electron chi connectivity index (χ3n) is 1.94. The van der Waals surface area contributed by atoms with Crippen molar-refractivity contribution in [1.29, 1.82) is 0 Å². The summed E-state index contributed by atoms with van der Waals surface area (Å²) in [6.07, 6.45) is 7.56. The molecular weight excluding hydrogens is 271 g/mol. The molecule has 0 aromatic heterocycles. The molecule has 0 fully saturated rings. The van der Waals surface area contributed by atoms with Gasteiger partial charge in [0.1, 0.15) is 0 Å². The van der Waals surface area contributed by atoms with Crippen molar-refractivity contribution in [2.24, 2.45) is 5.92 Å². The van der Waals surface area contributed by atoms with E-state index in [-0.39, 0.29) is 51.4 Å². The fourth-order valence-corrected chi connectivity index (χ4v) is 1.19. The molecule has 0 saturated carbocycles. The van der Waals surface area contributed by atoms with Gasteiger partial charge in [-0.1, -0.05) is 46.0 Å². The van der Waals surface area contributed by atoms with Crippen LogP contribution in [0.2, 0.25) is 0 Å². The first-order valence-electron chi connectivity index (χ1n) is 5.58. The van der Waals surface area contributed by atoms with Crippen LogP contribution in [0.25, 0.3) is 0 Å². The average Bonchev–Trinajstić information content (AvgIpc) is 2.08. The van der Waals surface area contributed by atoms with E-state index in [2.05, 4.69) is 13.8 Å². The molecule has 0 saturated heterocycles. The Morgan fingerprint density at radius 3 is 1.65 bits per heavy atom. The van der Waals surface area contributed by atoms with Gasteiger partial charge in [0.05, 0.1) is 0 Å². The van der Waals surface area contributed by atoms with E-state index in [0.29, 0.717) is 6.61 Å². The number of unbranched alkanes of at least 4 members (excludes halogenated alkanes) is 4. The van der Waals surface area contributed by atoms with Crippen LogP contribution in [0.15, 0.2) is 0 Å². The molecule has 0 aliphatic carbocycles. The van der Waals surface area contributed by atoms with Crippen LogP contribution in [0.5, 0.6) is 0 Å². The molecule has 0 radical (unpaired) electrons. The molecule has 0 aromatic carbocycles. The molecule has 7 heteroatoms. The second kappa shape index (κ2) is 15.5. The Hall–Kier alpha value is 1.47. The summed E-state index contributed by atoms with van der Waals surface area (Å²) in [7, 11) is -4.67. The summed E-state index contributed by atoms with van der Waals surface area (Å²) in [5.41, 5.74) is 0. The number of aliphatic hydroxyl groups excluding tert-OH is 1. The Kier molecular flexibility index (Phi) is 21.5. The molecule has 102 valence electrons. The van der Waals surface area contributed by atoms with E-state index >= 15 is 0 Å². The number of hydrogen-bond donors (Lipinski definition) is 3. The van der Waals surface area contributed by atoms with E-state index in [0.717, 1.165) is 12.3 Å². The van der Waals surface area contributed by atoms with Crippen molar-refractivity contribution < 1.29 is 22.6 Å². The van der Waals surface area contributed by atoms with Gasteiger partial charge in [0.15, 0.2) is 0 Å². The first-order valence-corrected chi connectivity index (χ1v) is 6.97. The summed E-state index contributed by atoms with van der Waals surface area (Å²) in [6, 6.07) is 0. The Balaban J connectivity index is -0.000000280. The van der Waals surface area contributed by atoms with Gasteiger partial charge >= 0.3 is 61.8 Å². The molecule has 0 heterocycles. The van der Waals surface area contributed by atoms with Crippen molar-refractivity contribution in [3.63, 3.8) is 0 Å². The van der Waals surface area contributed by atoms with E-state index < -0.39 is 10.4 Å². The molecule has 0 amide bonds. The van der Waals surface area contributed by atoms with Crippen molar-refractivity contribution in [2.75, 3.05) is 6.61 Å². The molecule has 0 unspecified atom stereocenters. The summed E-state index contributed by atoms with van der Waals surface area (Å²) in [6.45, 7) is 4.91. The maximum atomic E-state index is 8.74. The van der Waals surface area contributed by atoms with Gasteiger partial charge in [-0.15, -0.1) is 0 Å². The molecule has 0 aliphatic heterocycles. The summed E-state index contributed by atoms with van der Waals surface area (Å²) >= 11 is 0. The van der Waals surface area contributed by atoms with E-state index in [9.17, 15) is 0 Å². The first kappa shape index (κ1) is 23.6. The third kappa shape index (κ3) is 46.6. The van der Waals surface area contributed by atoms with Crippen LogP contribution in [-0.4, -0.2) is 80.6 Å². The molecule has 0 rings (SSSR count). The van der Waals surface area contributed by atoms with E-state index in [1.54, 1.807) is 0 Å². The Labute approximate surface area is 147 Å². The Bertz CT molecular complexity index is 221. The van der Waals surface area contributed by atoms with E-state index in [1.807, 2.05) is 0 Å². The molecular formula is C10H25KO5S. The first-order chi connectivity index (χ1) is 7.27. The quantitative estimate of drug-likeness (QED) is 0.377. The van der Waals surface area contributed by atoms with Gasteiger partial charge in [-0.05, 0) is 12.3 Å². The van der Waals surface area contributed by atoms with Crippen LogP contribution in [0.4, 0.5) is 0 Å². The van der Waals surface area contributed by atoms with Crippen LogP contribution in [0.1, 0.15) is 52.4 Å². The zero-order valence-electron chi connectivity index (χ0n) is 10.1. The molecule has 3 N–H and O–H groups in total. The van der Waals surface area contributed by atoms with Crippen LogP contribution < -0.4 is 0 Å². The van der Waals surface area contributed by atoms with E-state index in [4.69, 9.17) is 22.6 Å². The molecule has 0 bridgehead atoms. The SMILES string of the molecule is CC(C)CCCCCCCO.O=S(=O)(O)O.[KH]. The Morgan fingerprint density at radius 1 is 0.941 bits per heavy atom. The fraction of sp³-hybridized carbons (Fsp3) is 1.00. The van der Waals surface area contributed by atoms with Crippen LogP contribution >= 0.6 is 0 Å². The summed E-state index contributed by atoms with van der Waals surface area (Å²) in [5.74, 6) is 0.854. The van der Waals surface area contributed by atoms with Gasteiger partial charge in [0.2, 0.25) is 0 Å². The number of rotatable bonds is 7. The van der Waals surface area contributed by atoms with Gasteiger partial charge in [0, 0.05) is 6.61 Å². The van der Waals surface area contributed by atoms with Crippen LogP contribution in [-0.2, 0) is 10.4 Å². The maximum absolute atomic E-state index is 8.74. The summed E-state index contributed by atoms with van der Waals surface area (Å²) in [4.78, 5) is 0. The van der Waals surface area contributed by atoms with Crippen LogP contribution in [0.3, 0.4) is 0 Å². The van der Waals surface area contributed by atoms with Gasteiger partial charge < -0.3 is 5.11 Å². The summed E-state index contributed by atoms with van der Waals surface area (Å²) in [5, 5.41) is 8.51. The van der Waals surface area contributed by atoms with Crippen LogP contribution in [0, 0.1) is 5.92 Å². The molecule has 0 aliphatic rings. The topological polar surface area (TPSA) is 94.8 Å². The average molecular weight is 296 g/mol. The fourth-order valence-electron chi connectivity index (χ4n) is 1.19. The molecule has 0 spiro atoms. The predicted molar refractivity (Wildman–Crippen MR) is 71.0 cm³/mol. The van der Waals surface area contributed by atoms with Gasteiger partial charge in [-0.2, -0.15) is 8.42 Å². The zero-order chi connectivity index (χ0) is 13.0. The minimum absolute atomic E-state index is 0. The normalized spacial score (nSPS) is 10.5. The standard InChI is InChI=1S/C10H22O.K.H2O4S.H/c1-10(2)8-6-4-3-5-7-9-11;;1-5(2,3)4;/h10-11H,3-9H2,1-2H3;;(H2,1,2,3,4);. The van der Waals surface area contributed by atoms with Crippen molar-refractivity contribution >= 4 is 61.8 Å².